The first-order chi connectivity index (χ1) is 24.5. The first kappa shape index (κ1) is 42.0. The number of oxime groups is 1. The standard InChI is InChI=1S/C26H32N8O10S2.C2HF3O2/c1-26(2)21(23(36)34(26)44-46(39,40)41)30-22(35)20(18-14-45-25(28)29-18)31-43-19(24(37)38)13-42-17-7-5-15(6-8-17)16-11-32(3)33(12-16)10-4-9-27;3-2(4,5)1(6)7/h5-8,11-12,14,19,21H,4,9-10,13,27H2,1-3H3,(H4-,28,29,30,35,37,38,39,40,41);(H,6,7)/p+1/b31-20-;/t19?,21-;/m1./s1. The Labute approximate surface area is 302 Å². The topological polar surface area (TPSA) is 292 Å². The summed E-state index contributed by atoms with van der Waals surface area (Å²) in [4.78, 5) is 55.7. The molecular weight excluding hydrogens is 761 g/mol. The summed E-state index contributed by atoms with van der Waals surface area (Å²) in [5.41, 5.74) is 11.1. The lowest BCUT2D eigenvalue weighted by Gasteiger charge is -2.50. The lowest BCUT2D eigenvalue weighted by atomic mass is 9.84. The number of aliphatic carboxylic acids is 2. The van der Waals surface area contributed by atoms with Crippen molar-refractivity contribution >= 4 is 56.3 Å². The Hall–Kier alpha value is -5.37. The first-order valence-electron chi connectivity index (χ1n) is 14.8. The van der Waals surface area contributed by atoms with E-state index in [0.29, 0.717) is 17.4 Å². The maximum atomic E-state index is 13.2. The Morgan fingerprint density at radius 1 is 1.19 bits per heavy atom. The van der Waals surface area contributed by atoms with Crippen LogP contribution in [-0.4, -0.2) is 104 Å². The van der Waals surface area contributed by atoms with E-state index in [1.54, 1.807) is 12.1 Å². The normalized spacial score (nSPS) is 16.2. The number of benzene rings is 1. The van der Waals surface area contributed by atoms with Crippen molar-refractivity contribution < 1.29 is 74.1 Å². The van der Waals surface area contributed by atoms with Crippen LogP contribution in [0.25, 0.3) is 11.1 Å². The van der Waals surface area contributed by atoms with Crippen LogP contribution in [0.2, 0.25) is 0 Å². The summed E-state index contributed by atoms with van der Waals surface area (Å²) in [7, 11) is -3.09. The minimum Gasteiger partial charge on any atom is -0.489 e. The molecule has 1 fully saturated rings. The van der Waals surface area contributed by atoms with Gasteiger partial charge in [-0.2, -0.15) is 31.3 Å². The van der Waals surface area contributed by atoms with E-state index in [4.69, 9.17) is 35.5 Å². The highest BCUT2D eigenvalue weighted by molar-refractivity contribution is 7.80. The van der Waals surface area contributed by atoms with Crippen LogP contribution in [0.15, 0.2) is 47.2 Å². The SMILES string of the molecule is C[n+]1cc(-c2ccc(OCC(O/N=C(\C(=O)N[C@@H]3C(=O)N(OS(=O)(=O)O)C3(C)C)c3csc(N)n3)C(=O)O)cc2)cn1CCCN.O=C(O)C(F)(F)F. The van der Waals surface area contributed by atoms with Gasteiger partial charge in [0.05, 0.1) is 23.8 Å². The van der Waals surface area contributed by atoms with E-state index in [1.807, 2.05) is 40.9 Å². The van der Waals surface area contributed by atoms with Gasteiger partial charge in [0.15, 0.2) is 17.9 Å². The molecule has 2 atom stereocenters. The predicted molar refractivity (Wildman–Crippen MR) is 175 cm³/mol. The number of carboxylic acid groups (broad SMARTS) is 2. The maximum Gasteiger partial charge on any atom is 0.490 e. The number of nitrogens with two attached hydrogens (primary N) is 2. The molecule has 3 aromatic rings. The molecule has 2 amide bonds. The Bertz CT molecular complexity index is 1950. The number of nitrogens with one attached hydrogen (secondary N) is 1. The van der Waals surface area contributed by atoms with Crippen molar-refractivity contribution in [3.63, 3.8) is 0 Å². The fraction of sp³-hybridized carbons (Fsp3) is 0.393. The number of thiazole rings is 1. The second-order valence-corrected chi connectivity index (χ2v) is 13.3. The average Bonchev–Trinajstić information content (AvgIpc) is 3.66. The number of amides is 2. The van der Waals surface area contributed by atoms with Crippen LogP contribution in [0.1, 0.15) is 26.0 Å². The van der Waals surface area contributed by atoms with Gasteiger partial charge in [0, 0.05) is 5.38 Å². The number of rotatable bonds is 15. The number of β-lactam (4-membered cyclic amide) rings is 1. The van der Waals surface area contributed by atoms with Gasteiger partial charge < -0.3 is 36.6 Å². The number of aromatic nitrogens is 3. The molecule has 3 heterocycles. The van der Waals surface area contributed by atoms with Crippen LogP contribution in [0.4, 0.5) is 18.3 Å². The molecule has 1 aliphatic heterocycles. The van der Waals surface area contributed by atoms with Gasteiger partial charge in [0.1, 0.15) is 24.1 Å². The van der Waals surface area contributed by atoms with Gasteiger partial charge in [0.2, 0.25) is 6.20 Å². The second kappa shape index (κ2) is 17.0. The molecule has 20 nitrogen and oxygen atoms in total. The number of alkyl halides is 3. The molecule has 53 heavy (non-hydrogen) atoms. The molecule has 0 aliphatic carbocycles. The Kier molecular flexibility index (Phi) is 13.5. The molecule has 1 unspecified atom stereocenters. The van der Waals surface area contributed by atoms with E-state index >= 15 is 0 Å². The summed E-state index contributed by atoms with van der Waals surface area (Å²) in [6, 6.07) is 5.63. The number of nitrogens with zero attached hydrogens (tertiary/aromatic N) is 5. The van der Waals surface area contributed by atoms with Gasteiger partial charge >= 0.3 is 28.5 Å². The van der Waals surface area contributed by atoms with Crippen molar-refractivity contribution in [2.24, 2.45) is 17.9 Å². The van der Waals surface area contributed by atoms with Crippen LogP contribution in [0.5, 0.6) is 5.75 Å². The number of nitrogen functional groups attached to an aromatic ring is 1. The smallest absolute Gasteiger partial charge is 0.489 e. The van der Waals surface area contributed by atoms with E-state index in [-0.39, 0.29) is 10.8 Å². The zero-order valence-electron chi connectivity index (χ0n) is 27.9. The molecule has 0 spiro atoms. The minimum absolute atomic E-state index is 0.0609. The molecule has 1 aliphatic rings. The maximum absolute atomic E-state index is 13.2. The molecule has 290 valence electrons. The number of ether oxygens (including phenoxy) is 1. The van der Waals surface area contributed by atoms with Crippen molar-refractivity contribution in [1.29, 1.82) is 0 Å². The summed E-state index contributed by atoms with van der Waals surface area (Å²) in [6.07, 6.45) is -1.96. The molecule has 2 aromatic heterocycles. The number of carboxylic acids is 2. The summed E-state index contributed by atoms with van der Waals surface area (Å²) in [5, 5.41) is 24.7. The first-order valence-corrected chi connectivity index (χ1v) is 17.1. The van der Waals surface area contributed by atoms with Gasteiger partial charge in [-0.1, -0.05) is 17.3 Å². The number of carbonyl (C=O) groups excluding carboxylic acids is 2. The van der Waals surface area contributed by atoms with Gasteiger partial charge in [-0.25, -0.2) is 14.6 Å². The van der Waals surface area contributed by atoms with Crippen LogP contribution in [0.3, 0.4) is 0 Å². The van der Waals surface area contributed by atoms with Gasteiger partial charge in [-0.05, 0) is 44.5 Å². The van der Waals surface area contributed by atoms with Gasteiger partial charge in [-0.15, -0.1) is 20.3 Å². The van der Waals surface area contributed by atoms with E-state index in [9.17, 15) is 41.1 Å². The Morgan fingerprint density at radius 2 is 1.81 bits per heavy atom. The molecule has 1 saturated heterocycles. The van der Waals surface area contributed by atoms with E-state index in [1.165, 1.54) is 19.2 Å². The van der Waals surface area contributed by atoms with Gasteiger partial charge in [-0.3, -0.25) is 14.1 Å². The third-order valence-electron chi connectivity index (χ3n) is 7.09. The van der Waals surface area contributed by atoms with Crippen molar-refractivity contribution in [3.8, 4) is 16.9 Å². The highest BCUT2D eigenvalue weighted by Gasteiger charge is 2.58. The third kappa shape index (κ3) is 11.3. The highest BCUT2D eigenvalue weighted by Crippen LogP contribution is 2.33. The molecule has 4 rings (SSSR count). The fourth-order valence-corrected chi connectivity index (χ4v) is 5.39. The molecule has 0 radical (unpaired) electrons. The van der Waals surface area contributed by atoms with Crippen LogP contribution in [-0.2, 0) is 52.3 Å². The summed E-state index contributed by atoms with van der Waals surface area (Å²) < 4.78 is 76.7. The van der Waals surface area contributed by atoms with E-state index < -0.39 is 70.3 Å². The summed E-state index contributed by atoms with van der Waals surface area (Å²) in [5.74, 6) is -5.86. The lowest BCUT2D eigenvalue weighted by Crippen LogP contribution is -2.76. The molecule has 0 bridgehead atoms. The number of hydrogen-bond acceptors (Lipinski definition) is 14. The Balaban J connectivity index is 0.000000980. The molecule has 0 saturated carbocycles. The molecular formula is C28H34F3N8O12S2+. The number of halogens is 3. The zero-order chi connectivity index (χ0) is 39.9. The fourth-order valence-electron chi connectivity index (χ4n) is 4.38. The number of hydroxylamine groups is 2. The molecule has 25 heteroatoms. The number of carbonyl (C=O) groups is 4. The number of hydrogen-bond donors (Lipinski definition) is 6. The summed E-state index contributed by atoms with van der Waals surface area (Å²) >= 11 is 0.961. The van der Waals surface area contributed by atoms with Crippen molar-refractivity contribution in [2.75, 3.05) is 18.9 Å². The van der Waals surface area contributed by atoms with Crippen LogP contribution >= 0.6 is 11.3 Å². The minimum atomic E-state index is -5.08. The van der Waals surface area contributed by atoms with Crippen LogP contribution in [0, 0.1) is 0 Å². The lowest BCUT2D eigenvalue weighted by molar-refractivity contribution is -0.753. The number of anilines is 1. The highest BCUT2D eigenvalue weighted by atomic mass is 32.3. The molecule has 1 aromatic carbocycles. The molecule has 8 N–H and O–H groups in total. The second-order valence-electron chi connectivity index (χ2n) is 11.4. The monoisotopic (exact) mass is 795 g/mol. The largest absolute Gasteiger partial charge is 0.490 e. The Morgan fingerprint density at radius 3 is 2.30 bits per heavy atom. The predicted octanol–water partition coefficient (Wildman–Crippen LogP) is 0.0933. The zero-order valence-corrected chi connectivity index (χ0v) is 29.5. The summed E-state index contributed by atoms with van der Waals surface area (Å²) in [6.45, 7) is 3.59. The van der Waals surface area contributed by atoms with Crippen molar-refractivity contribution in [1.82, 2.24) is 20.0 Å². The van der Waals surface area contributed by atoms with E-state index in [2.05, 4.69) is 19.7 Å². The third-order valence-corrected chi connectivity index (χ3v) is 8.10. The quantitative estimate of drug-likeness (QED) is 0.0391. The van der Waals surface area contributed by atoms with Crippen molar-refractivity contribution in [2.45, 2.75) is 50.7 Å². The van der Waals surface area contributed by atoms with E-state index in [0.717, 1.165) is 35.4 Å². The van der Waals surface area contributed by atoms with Crippen LogP contribution < -0.4 is 26.2 Å². The van der Waals surface area contributed by atoms with Gasteiger partial charge in [0.25, 0.3) is 17.9 Å². The average molecular weight is 796 g/mol. The number of aryl methyl sites for hydroxylation is 2. The van der Waals surface area contributed by atoms with Crippen molar-refractivity contribution in [3.05, 3.63) is 47.7 Å².